The van der Waals surface area contributed by atoms with Gasteiger partial charge in [0.05, 0.1) is 0 Å². The molecule has 0 aliphatic rings. The second-order valence-electron chi connectivity index (χ2n) is 2.98. The first-order valence-corrected chi connectivity index (χ1v) is 4.09. The summed E-state index contributed by atoms with van der Waals surface area (Å²) in [4.78, 5) is 0. The van der Waals surface area contributed by atoms with Crippen LogP contribution >= 0.6 is 0 Å². The van der Waals surface area contributed by atoms with Crippen molar-refractivity contribution in [1.82, 2.24) is 0 Å². The summed E-state index contributed by atoms with van der Waals surface area (Å²) in [5.74, 6) is -3.85. The quantitative estimate of drug-likeness (QED) is 0.731. The lowest BCUT2D eigenvalue weighted by molar-refractivity contribution is 0.446. The minimum Gasteiger partial charge on any atom is -0.325 e. The number of benzene rings is 1. The molecule has 0 spiro atoms. The molecule has 0 heterocycles. The molecule has 4 heteroatoms. The lowest BCUT2D eigenvalue weighted by atomic mass is 10.1. The van der Waals surface area contributed by atoms with Crippen LogP contribution in [0.3, 0.4) is 0 Å². The standard InChI is InChI=1S/C10H10F3N/c1-6(14)2-3-7-4-5-8(11)10(13)9(7)12/h2-6H,14H2,1H3/b3-2+. The molecule has 1 unspecified atom stereocenters. The van der Waals surface area contributed by atoms with Crippen LogP contribution in [0.5, 0.6) is 0 Å². The third-order valence-electron chi connectivity index (χ3n) is 1.64. The van der Waals surface area contributed by atoms with Crippen LogP contribution in [0.1, 0.15) is 12.5 Å². The van der Waals surface area contributed by atoms with Crippen LogP contribution in [0.4, 0.5) is 13.2 Å². The summed E-state index contributed by atoms with van der Waals surface area (Å²) in [5.41, 5.74) is 5.37. The molecule has 1 aromatic carbocycles. The maximum atomic E-state index is 13.0. The highest BCUT2D eigenvalue weighted by molar-refractivity contribution is 5.50. The van der Waals surface area contributed by atoms with Crippen molar-refractivity contribution in [3.8, 4) is 0 Å². The summed E-state index contributed by atoms with van der Waals surface area (Å²) >= 11 is 0. The van der Waals surface area contributed by atoms with Crippen molar-refractivity contribution in [1.29, 1.82) is 0 Å². The van der Waals surface area contributed by atoms with E-state index in [1.54, 1.807) is 6.92 Å². The molecule has 1 atom stereocenters. The molecule has 1 aromatic rings. The molecule has 0 amide bonds. The largest absolute Gasteiger partial charge is 0.325 e. The Labute approximate surface area is 80.0 Å². The van der Waals surface area contributed by atoms with E-state index in [0.717, 1.165) is 12.1 Å². The maximum Gasteiger partial charge on any atom is 0.195 e. The van der Waals surface area contributed by atoms with Gasteiger partial charge in [-0.3, -0.25) is 0 Å². The predicted molar refractivity (Wildman–Crippen MR) is 49.0 cm³/mol. The second-order valence-corrected chi connectivity index (χ2v) is 2.98. The predicted octanol–water partition coefficient (Wildman–Crippen LogP) is 2.46. The Balaban J connectivity index is 3.06. The van der Waals surface area contributed by atoms with Crippen LogP contribution in [0, 0.1) is 17.5 Å². The molecule has 0 fully saturated rings. The molecule has 14 heavy (non-hydrogen) atoms. The van der Waals surface area contributed by atoms with Gasteiger partial charge in [0, 0.05) is 11.6 Å². The van der Waals surface area contributed by atoms with Crippen molar-refractivity contribution in [2.24, 2.45) is 5.73 Å². The summed E-state index contributed by atoms with van der Waals surface area (Å²) in [6.07, 6.45) is 2.82. The number of hydrogen-bond donors (Lipinski definition) is 1. The smallest absolute Gasteiger partial charge is 0.195 e. The van der Waals surface area contributed by atoms with Crippen molar-refractivity contribution < 1.29 is 13.2 Å². The Hall–Kier alpha value is -1.29. The second kappa shape index (κ2) is 4.28. The molecular weight excluding hydrogens is 191 g/mol. The fourth-order valence-electron chi connectivity index (χ4n) is 0.925. The highest BCUT2D eigenvalue weighted by Crippen LogP contribution is 2.16. The molecule has 1 rings (SSSR count). The molecule has 0 aliphatic heterocycles. The van der Waals surface area contributed by atoms with Crippen molar-refractivity contribution in [2.75, 3.05) is 0 Å². The molecule has 1 nitrogen and oxygen atoms in total. The van der Waals surface area contributed by atoms with Gasteiger partial charge >= 0.3 is 0 Å². The molecule has 0 saturated heterocycles. The van der Waals surface area contributed by atoms with Gasteiger partial charge in [-0.25, -0.2) is 13.2 Å². The van der Waals surface area contributed by atoms with E-state index >= 15 is 0 Å². The zero-order valence-electron chi connectivity index (χ0n) is 7.60. The van der Waals surface area contributed by atoms with Crippen molar-refractivity contribution in [2.45, 2.75) is 13.0 Å². The van der Waals surface area contributed by atoms with Crippen LogP contribution in [-0.4, -0.2) is 6.04 Å². The monoisotopic (exact) mass is 201 g/mol. The van der Waals surface area contributed by atoms with E-state index < -0.39 is 17.5 Å². The van der Waals surface area contributed by atoms with Gasteiger partial charge in [0.1, 0.15) is 0 Å². The molecule has 0 bridgehead atoms. The minimum absolute atomic E-state index is 0.0128. The summed E-state index contributed by atoms with van der Waals surface area (Å²) in [6.45, 7) is 1.69. The van der Waals surface area contributed by atoms with E-state index in [-0.39, 0.29) is 11.6 Å². The average Bonchev–Trinajstić information content (AvgIpc) is 2.13. The van der Waals surface area contributed by atoms with E-state index in [4.69, 9.17) is 5.73 Å². The van der Waals surface area contributed by atoms with Gasteiger partial charge < -0.3 is 5.73 Å². The Morgan fingerprint density at radius 1 is 1.21 bits per heavy atom. The number of halogens is 3. The fourth-order valence-corrected chi connectivity index (χ4v) is 0.925. The Morgan fingerprint density at radius 2 is 1.86 bits per heavy atom. The van der Waals surface area contributed by atoms with E-state index in [2.05, 4.69) is 0 Å². The lowest BCUT2D eigenvalue weighted by Crippen LogP contribution is -2.10. The maximum absolute atomic E-state index is 13.0. The van der Waals surface area contributed by atoms with Gasteiger partial charge in [0.2, 0.25) is 0 Å². The van der Waals surface area contributed by atoms with Crippen LogP contribution in [-0.2, 0) is 0 Å². The number of nitrogens with two attached hydrogens (primary N) is 1. The van der Waals surface area contributed by atoms with Crippen LogP contribution < -0.4 is 5.73 Å². The average molecular weight is 201 g/mol. The van der Waals surface area contributed by atoms with Gasteiger partial charge in [-0.2, -0.15) is 0 Å². The zero-order chi connectivity index (χ0) is 10.7. The molecule has 0 radical (unpaired) electrons. The van der Waals surface area contributed by atoms with Crippen LogP contribution in [0.25, 0.3) is 6.08 Å². The van der Waals surface area contributed by atoms with Crippen molar-refractivity contribution >= 4 is 6.08 Å². The number of rotatable bonds is 2. The fraction of sp³-hybridized carbons (Fsp3) is 0.200. The highest BCUT2D eigenvalue weighted by Gasteiger charge is 2.10. The van der Waals surface area contributed by atoms with E-state index in [1.165, 1.54) is 12.2 Å². The van der Waals surface area contributed by atoms with Gasteiger partial charge in [-0.1, -0.05) is 12.2 Å². The van der Waals surface area contributed by atoms with Crippen molar-refractivity contribution in [3.05, 3.63) is 41.2 Å². The van der Waals surface area contributed by atoms with Gasteiger partial charge in [-0.05, 0) is 19.1 Å². The Bertz CT molecular complexity index is 359. The first-order valence-electron chi connectivity index (χ1n) is 4.09. The normalized spacial score (nSPS) is 13.5. The summed E-state index contributed by atoms with van der Waals surface area (Å²) in [6, 6.07) is 1.77. The van der Waals surface area contributed by atoms with Crippen LogP contribution in [0.15, 0.2) is 18.2 Å². The molecule has 2 N–H and O–H groups in total. The van der Waals surface area contributed by atoms with Crippen LogP contribution in [0.2, 0.25) is 0 Å². The van der Waals surface area contributed by atoms with Gasteiger partial charge in [0.25, 0.3) is 0 Å². The molecule has 0 aromatic heterocycles. The minimum atomic E-state index is -1.46. The third kappa shape index (κ3) is 2.35. The first kappa shape index (κ1) is 10.8. The van der Waals surface area contributed by atoms with Gasteiger partial charge in [0.15, 0.2) is 17.5 Å². The highest BCUT2D eigenvalue weighted by atomic mass is 19.2. The van der Waals surface area contributed by atoms with E-state index in [1.807, 2.05) is 0 Å². The number of hydrogen-bond acceptors (Lipinski definition) is 1. The van der Waals surface area contributed by atoms with E-state index in [0.29, 0.717) is 0 Å². The molecule has 0 aliphatic carbocycles. The van der Waals surface area contributed by atoms with Crippen molar-refractivity contribution in [3.63, 3.8) is 0 Å². The van der Waals surface area contributed by atoms with Gasteiger partial charge in [-0.15, -0.1) is 0 Å². The summed E-state index contributed by atoms with van der Waals surface area (Å²) < 4.78 is 38.2. The molecule has 76 valence electrons. The molecule has 0 saturated carbocycles. The lowest BCUT2D eigenvalue weighted by Gasteiger charge is -2.00. The SMILES string of the molecule is CC(N)/C=C/c1ccc(F)c(F)c1F. The Kier molecular flexibility index (Phi) is 3.30. The topological polar surface area (TPSA) is 26.0 Å². The molecular formula is C10H10F3N. The zero-order valence-corrected chi connectivity index (χ0v) is 7.60. The van der Waals surface area contributed by atoms with E-state index in [9.17, 15) is 13.2 Å². The third-order valence-corrected chi connectivity index (χ3v) is 1.64. The first-order chi connectivity index (χ1) is 6.52. The summed E-state index contributed by atoms with van der Waals surface area (Å²) in [5, 5.41) is 0. The Morgan fingerprint density at radius 3 is 2.43 bits per heavy atom. The summed E-state index contributed by atoms with van der Waals surface area (Å²) in [7, 11) is 0.